The number of carbonyl (C=O) groups is 2. The lowest BCUT2D eigenvalue weighted by Gasteiger charge is -2.33. The van der Waals surface area contributed by atoms with E-state index in [1.807, 2.05) is 0 Å². The lowest BCUT2D eigenvalue weighted by atomic mass is 9.81. The van der Waals surface area contributed by atoms with Gasteiger partial charge in [-0.2, -0.15) is 0 Å². The van der Waals surface area contributed by atoms with Crippen LogP contribution in [0, 0.1) is 11.8 Å². The number of amides is 1. The fourth-order valence-corrected chi connectivity index (χ4v) is 2.17. The second kappa shape index (κ2) is 5.04. The Morgan fingerprint density at radius 2 is 2.06 bits per heavy atom. The first-order valence-corrected chi connectivity index (χ1v) is 6.16. The van der Waals surface area contributed by atoms with Crippen molar-refractivity contribution < 1.29 is 19.4 Å². The van der Waals surface area contributed by atoms with E-state index in [4.69, 9.17) is 9.84 Å². The number of hydrogen-bond acceptors (Lipinski definition) is 3. The highest BCUT2D eigenvalue weighted by Gasteiger charge is 2.37. The van der Waals surface area contributed by atoms with Crippen molar-refractivity contribution in [2.75, 3.05) is 7.11 Å². The first-order chi connectivity index (χ1) is 8.10. The van der Waals surface area contributed by atoms with E-state index in [-0.39, 0.29) is 17.9 Å². The summed E-state index contributed by atoms with van der Waals surface area (Å²) < 4.78 is 5.10. The van der Waals surface area contributed by atoms with Gasteiger partial charge in [-0.05, 0) is 25.2 Å². The van der Waals surface area contributed by atoms with Gasteiger partial charge in [-0.3, -0.25) is 4.79 Å². The van der Waals surface area contributed by atoms with Crippen LogP contribution in [0.2, 0.25) is 0 Å². The molecule has 2 fully saturated rings. The summed E-state index contributed by atoms with van der Waals surface area (Å²) >= 11 is 0. The lowest BCUT2D eigenvalue weighted by molar-refractivity contribution is -0.144. The number of carbonyl (C=O) groups excluding carboxylic acids is 1. The molecule has 0 aromatic rings. The SMILES string of the molecule is COC1CC(C(=O)NC(CC2CC2)C(=O)O)C1. The Morgan fingerprint density at radius 3 is 2.53 bits per heavy atom. The maximum atomic E-state index is 11.8. The highest BCUT2D eigenvalue weighted by atomic mass is 16.5. The predicted molar refractivity (Wildman–Crippen MR) is 60.4 cm³/mol. The first-order valence-electron chi connectivity index (χ1n) is 6.16. The molecule has 1 atom stereocenters. The fraction of sp³-hybridized carbons (Fsp3) is 0.833. The smallest absolute Gasteiger partial charge is 0.326 e. The first kappa shape index (κ1) is 12.4. The summed E-state index contributed by atoms with van der Waals surface area (Å²) in [5.41, 5.74) is 0. The number of methoxy groups -OCH3 is 1. The third-order valence-corrected chi connectivity index (χ3v) is 3.68. The van der Waals surface area contributed by atoms with Crippen LogP contribution in [0.3, 0.4) is 0 Å². The van der Waals surface area contributed by atoms with E-state index in [2.05, 4.69) is 5.32 Å². The number of ether oxygens (including phenoxy) is 1. The largest absolute Gasteiger partial charge is 0.480 e. The lowest BCUT2D eigenvalue weighted by Crippen LogP contribution is -2.48. The topological polar surface area (TPSA) is 75.6 Å². The van der Waals surface area contributed by atoms with Crippen molar-refractivity contribution in [3.63, 3.8) is 0 Å². The molecule has 0 bridgehead atoms. The number of carboxylic acids is 1. The zero-order valence-electron chi connectivity index (χ0n) is 10.0. The molecule has 5 nitrogen and oxygen atoms in total. The van der Waals surface area contributed by atoms with Crippen LogP contribution in [-0.2, 0) is 14.3 Å². The Kier molecular flexibility index (Phi) is 3.66. The molecule has 0 radical (unpaired) electrons. The van der Waals surface area contributed by atoms with E-state index in [1.165, 1.54) is 0 Å². The van der Waals surface area contributed by atoms with Crippen LogP contribution < -0.4 is 5.32 Å². The van der Waals surface area contributed by atoms with Crippen molar-refractivity contribution in [3.8, 4) is 0 Å². The molecule has 0 heterocycles. The monoisotopic (exact) mass is 241 g/mol. The van der Waals surface area contributed by atoms with Gasteiger partial charge in [0, 0.05) is 13.0 Å². The van der Waals surface area contributed by atoms with E-state index in [9.17, 15) is 9.59 Å². The van der Waals surface area contributed by atoms with Gasteiger partial charge < -0.3 is 15.2 Å². The van der Waals surface area contributed by atoms with Gasteiger partial charge in [0.25, 0.3) is 0 Å². The van der Waals surface area contributed by atoms with Crippen molar-refractivity contribution in [1.29, 1.82) is 0 Å². The third-order valence-electron chi connectivity index (χ3n) is 3.68. The van der Waals surface area contributed by atoms with Crippen molar-refractivity contribution in [2.45, 2.75) is 44.2 Å². The highest BCUT2D eigenvalue weighted by molar-refractivity contribution is 5.85. The van der Waals surface area contributed by atoms with Gasteiger partial charge in [0.05, 0.1) is 6.10 Å². The zero-order valence-corrected chi connectivity index (χ0v) is 10.0. The van der Waals surface area contributed by atoms with Crippen molar-refractivity contribution >= 4 is 11.9 Å². The number of hydrogen-bond donors (Lipinski definition) is 2. The van der Waals surface area contributed by atoms with Gasteiger partial charge in [-0.1, -0.05) is 12.8 Å². The van der Waals surface area contributed by atoms with Gasteiger partial charge >= 0.3 is 5.97 Å². The summed E-state index contributed by atoms with van der Waals surface area (Å²) in [5.74, 6) is -0.635. The number of nitrogens with one attached hydrogen (secondary N) is 1. The van der Waals surface area contributed by atoms with Gasteiger partial charge in [0.2, 0.25) is 5.91 Å². The summed E-state index contributed by atoms with van der Waals surface area (Å²) in [7, 11) is 1.63. The quantitative estimate of drug-likeness (QED) is 0.720. The molecule has 2 rings (SSSR count). The van der Waals surface area contributed by atoms with Crippen LogP contribution in [0.1, 0.15) is 32.1 Å². The van der Waals surface area contributed by atoms with Crippen LogP contribution >= 0.6 is 0 Å². The normalized spacial score (nSPS) is 29.2. The second-order valence-electron chi connectivity index (χ2n) is 5.10. The van der Waals surface area contributed by atoms with Gasteiger partial charge in [-0.25, -0.2) is 4.79 Å². The molecule has 2 aliphatic rings. The van der Waals surface area contributed by atoms with Crippen molar-refractivity contribution in [3.05, 3.63) is 0 Å². The van der Waals surface area contributed by atoms with E-state index in [1.54, 1.807) is 7.11 Å². The van der Waals surface area contributed by atoms with Crippen molar-refractivity contribution in [1.82, 2.24) is 5.32 Å². The molecule has 0 aromatic carbocycles. The Labute approximate surface area is 101 Å². The Morgan fingerprint density at radius 1 is 1.41 bits per heavy atom. The Hall–Kier alpha value is -1.10. The fourth-order valence-electron chi connectivity index (χ4n) is 2.17. The molecule has 2 aliphatic carbocycles. The van der Waals surface area contributed by atoms with Crippen LogP contribution in [0.15, 0.2) is 0 Å². The molecule has 0 saturated heterocycles. The summed E-state index contributed by atoms with van der Waals surface area (Å²) in [6.07, 6.45) is 4.33. The molecule has 0 spiro atoms. The minimum atomic E-state index is -0.923. The summed E-state index contributed by atoms with van der Waals surface area (Å²) in [5, 5.41) is 11.7. The molecule has 1 amide bonds. The molecule has 17 heavy (non-hydrogen) atoms. The Bertz CT molecular complexity index is 308. The molecular weight excluding hydrogens is 222 g/mol. The van der Waals surface area contributed by atoms with Crippen LogP contribution in [-0.4, -0.2) is 36.2 Å². The van der Waals surface area contributed by atoms with Gasteiger partial charge in [-0.15, -0.1) is 0 Å². The number of aliphatic carboxylic acids is 1. The maximum absolute atomic E-state index is 11.8. The van der Waals surface area contributed by atoms with Crippen LogP contribution in [0.5, 0.6) is 0 Å². The maximum Gasteiger partial charge on any atom is 0.326 e. The molecule has 5 heteroatoms. The average molecular weight is 241 g/mol. The molecular formula is C12H19NO4. The standard InChI is InChI=1S/C12H19NO4/c1-17-9-5-8(6-9)11(14)13-10(12(15)16)4-7-2-3-7/h7-10H,2-6H2,1H3,(H,13,14)(H,15,16). The minimum absolute atomic E-state index is 0.0685. The highest BCUT2D eigenvalue weighted by Crippen LogP contribution is 2.34. The molecule has 96 valence electrons. The zero-order chi connectivity index (χ0) is 12.4. The van der Waals surface area contributed by atoms with E-state index < -0.39 is 12.0 Å². The van der Waals surface area contributed by atoms with E-state index in [0.29, 0.717) is 25.2 Å². The molecule has 2 N–H and O–H groups in total. The second-order valence-corrected chi connectivity index (χ2v) is 5.10. The predicted octanol–water partition coefficient (Wildman–Crippen LogP) is 0.781. The Balaban J connectivity index is 1.77. The molecule has 0 aliphatic heterocycles. The number of carboxylic acid groups (broad SMARTS) is 1. The van der Waals surface area contributed by atoms with Crippen LogP contribution in [0.25, 0.3) is 0 Å². The molecule has 1 unspecified atom stereocenters. The summed E-state index contributed by atoms with van der Waals surface area (Å²) in [4.78, 5) is 22.8. The van der Waals surface area contributed by atoms with Crippen LogP contribution in [0.4, 0.5) is 0 Å². The summed E-state index contributed by atoms with van der Waals surface area (Å²) in [6.45, 7) is 0. The van der Waals surface area contributed by atoms with Gasteiger partial charge in [0.1, 0.15) is 6.04 Å². The minimum Gasteiger partial charge on any atom is -0.480 e. The number of rotatable bonds is 6. The molecule has 2 saturated carbocycles. The third kappa shape index (κ3) is 3.19. The van der Waals surface area contributed by atoms with Crippen molar-refractivity contribution in [2.24, 2.45) is 11.8 Å². The van der Waals surface area contributed by atoms with E-state index in [0.717, 1.165) is 12.8 Å². The van der Waals surface area contributed by atoms with Gasteiger partial charge in [0.15, 0.2) is 0 Å². The molecule has 0 aromatic heterocycles. The summed E-state index contributed by atoms with van der Waals surface area (Å²) in [6, 6.07) is -0.711. The van der Waals surface area contributed by atoms with E-state index >= 15 is 0 Å². The average Bonchev–Trinajstić information content (AvgIpc) is 2.98.